The SMILES string of the molecule is C=CC(=O)Oc1ccc(-c2ccc(C(=O)Oc3ccc(OC(=O)C=C)c(OC(=O)C=C)c3)cc2)cc1. The summed E-state index contributed by atoms with van der Waals surface area (Å²) in [6, 6.07) is 17.4. The fourth-order valence-electron chi connectivity index (χ4n) is 2.85. The number of hydrogen-bond donors (Lipinski definition) is 0. The van der Waals surface area contributed by atoms with E-state index in [0.29, 0.717) is 5.75 Å². The van der Waals surface area contributed by atoms with Crippen LogP contribution < -0.4 is 18.9 Å². The Morgan fingerprint density at radius 2 is 1.00 bits per heavy atom. The van der Waals surface area contributed by atoms with E-state index in [1.54, 1.807) is 48.5 Å². The van der Waals surface area contributed by atoms with E-state index in [2.05, 4.69) is 19.7 Å². The van der Waals surface area contributed by atoms with Crippen LogP contribution in [0.3, 0.4) is 0 Å². The molecule has 3 aromatic rings. The van der Waals surface area contributed by atoms with Crippen LogP contribution >= 0.6 is 0 Å². The molecule has 0 saturated carbocycles. The van der Waals surface area contributed by atoms with Gasteiger partial charge in [0, 0.05) is 24.3 Å². The molecular formula is C28H20O8. The minimum atomic E-state index is -0.795. The average molecular weight is 484 g/mol. The maximum absolute atomic E-state index is 12.6. The van der Waals surface area contributed by atoms with Gasteiger partial charge >= 0.3 is 23.9 Å². The van der Waals surface area contributed by atoms with Crippen LogP contribution in [0.4, 0.5) is 0 Å². The molecule has 0 unspecified atom stereocenters. The van der Waals surface area contributed by atoms with Gasteiger partial charge in [0.05, 0.1) is 5.56 Å². The van der Waals surface area contributed by atoms with Gasteiger partial charge in [-0.3, -0.25) is 0 Å². The molecule has 0 aliphatic heterocycles. The van der Waals surface area contributed by atoms with Crippen molar-refractivity contribution in [1.82, 2.24) is 0 Å². The number of ether oxygens (including phenoxy) is 4. The molecule has 0 bridgehead atoms. The summed E-state index contributed by atoms with van der Waals surface area (Å²) >= 11 is 0. The first-order valence-corrected chi connectivity index (χ1v) is 10.4. The monoisotopic (exact) mass is 484 g/mol. The lowest BCUT2D eigenvalue weighted by Crippen LogP contribution is -2.11. The van der Waals surface area contributed by atoms with Crippen LogP contribution in [-0.4, -0.2) is 23.9 Å². The first-order chi connectivity index (χ1) is 17.3. The van der Waals surface area contributed by atoms with Gasteiger partial charge in [-0.2, -0.15) is 0 Å². The number of benzene rings is 3. The second kappa shape index (κ2) is 11.8. The maximum Gasteiger partial charge on any atom is 0.343 e. The molecule has 0 aliphatic rings. The molecule has 0 atom stereocenters. The molecule has 36 heavy (non-hydrogen) atoms. The van der Waals surface area contributed by atoms with E-state index in [1.807, 2.05) is 0 Å². The molecule has 0 radical (unpaired) electrons. The van der Waals surface area contributed by atoms with Gasteiger partial charge < -0.3 is 18.9 Å². The zero-order valence-electron chi connectivity index (χ0n) is 19.0. The molecule has 0 aromatic heterocycles. The lowest BCUT2D eigenvalue weighted by molar-refractivity contribution is -0.131. The Labute approximate surface area is 206 Å². The van der Waals surface area contributed by atoms with Crippen molar-refractivity contribution in [3.8, 4) is 34.1 Å². The fraction of sp³-hybridized carbons (Fsp3) is 0. The normalized spacial score (nSPS) is 9.89. The number of carbonyl (C=O) groups excluding carboxylic acids is 4. The third kappa shape index (κ3) is 6.64. The van der Waals surface area contributed by atoms with Crippen molar-refractivity contribution in [3.63, 3.8) is 0 Å². The van der Waals surface area contributed by atoms with E-state index in [9.17, 15) is 19.2 Å². The molecule has 3 aromatic carbocycles. The van der Waals surface area contributed by atoms with Crippen LogP contribution in [-0.2, 0) is 14.4 Å². The van der Waals surface area contributed by atoms with Crippen molar-refractivity contribution in [1.29, 1.82) is 0 Å². The summed E-state index contributed by atoms with van der Waals surface area (Å²) in [6.45, 7) is 9.97. The average Bonchev–Trinajstić information content (AvgIpc) is 2.90. The lowest BCUT2D eigenvalue weighted by atomic mass is 10.0. The molecular weight excluding hydrogens is 464 g/mol. The van der Waals surface area contributed by atoms with Gasteiger partial charge in [-0.05, 0) is 47.5 Å². The Morgan fingerprint density at radius 3 is 1.56 bits per heavy atom. The van der Waals surface area contributed by atoms with Crippen LogP contribution in [0.15, 0.2) is 105 Å². The van der Waals surface area contributed by atoms with Crippen molar-refractivity contribution in [2.24, 2.45) is 0 Å². The largest absolute Gasteiger partial charge is 0.423 e. The number of hydrogen-bond acceptors (Lipinski definition) is 8. The summed E-state index contributed by atoms with van der Waals surface area (Å²) in [6.07, 6.45) is 2.95. The van der Waals surface area contributed by atoms with Crippen molar-refractivity contribution >= 4 is 23.9 Å². The van der Waals surface area contributed by atoms with Gasteiger partial charge in [0.15, 0.2) is 11.5 Å². The third-order valence-corrected chi connectivity index (χ3v) is 4.57. The minimum absolute atomic E-state index is 0.0546. The van der Waals surface area contributed by atoms with Crippen LogP contribution in [0, 0.1) is 0 Å². The summed E-state index contributed by atoms with van der Waals surface area (Å²) in [7, 11) is 0. The zero-order chi connectivity index (χ0) is 26.1. The molecule has 180 valence electrons. The molecule has 0 amide bonds. The second-order valence-corrected chi connectivity index (χ2v) is 6.98. The van der Waals surface area contributed by atoms with Gasteiger partial charge in [-0.1, -0.05) is 44.0 Å². The van der Waals surface area contributed by atoms with Crippen molar-refractivity contribution in [2.45, 2.75) is 0 Å². The molecule has 8 heteroatoms. The highest BCUT2D eigenvalue weighted by molar-refractivity contribution is 5.92. The maximum atomic E-state index is 12.6. The predicted molar refractivity (Wildman–Crippen MR) is 131 cm³/mol. The number of carbonyl (C=O) groups is 4. The molecule has 0 N–H and O–H groups in total. The fourth-order valence-corrected chi connectivity index (χ4v) is 2.85. The van der Waals surface area contributed by atoms with Gasteiger partial charge in [-0.25, -0.2) is 19.2 Å². The molecule has 0 saturated heterocycles. The summed E-state index contributed by atoms with van der Waals surface area (Å²) in [5.74, 6) is -2.54. The van der Waals surface area contributed by atoms with Gasteiger partial charge in [0.25, 0.3) is 0 Å². The van der Waals surface area contributed by atoms with Crippen LogP contribution in [0.5, 0.6) is 23.0 Å². The number of rotatable bonds is 9. The van der Waals surface area contributed by atoms with E-state index < -0.39 is 23.9 Å². The molecule has 3 rings (SSSR count). The highest BCUT2D eigenvalue weighted by atomic mass is 16.6. The summed E-state index contributed by atoms with van der Waals surface area (Å²) < 4.78 is 20.5. The van der Waals surface area contributed by atoms with Gasteiger partial charge in [0.1, 0.15) is 11.5 Å². The summed E-state index contributed by atoms with van der Waals surface area (Å²) in [5.41, 5.74) is 1.92. The van der Waals surface area contributed by atoms with E-state index in [1.165, 1.54) is 18.2 Å². The summed E-state index contributed by atoms with van der Waals surface area (Å²) in [4.78, 5) is 47.1. The standard InChI is InChI=1S/C28H20O8/c1-4-25(29)33-21-13-11-19(12-14-21)18-7-9-20(10-8-18)28(32)34-22-15-16-23(35-26(30)5-2)24(17-22)36-27(31)6-3/h4-17H,1-3H2. The molecule has 0 aliphatic carbocycles. The first-order valence-electron chi connectivity index (χ1n) is 10.4. The Balaban J connectivity index is 1.74. The van der Waals surface area contributed by atoms with E-state index in [0.717, 1.165) is 29.4 Å². The highest BCUT2D eigenvalue weighted by Gasteiger charge is 2.16. The summed E-state index contributed by atoms with van der Waals surface area (Å²) in [5, 5.41) is 0. The van der Waals surface area contributed by atoms with Gasteiger partial charge in [0.2, 0.25) is 0 Å². The van der Waals surface area contributed by atoms with Crippen LogP contribution in [0.25, 0.3) is 11.1 Å². The smallest absolute Gasteiger partial charge is 0.343 e. The van der Waals surface area contributed by atoms with Crippen LogP contribution in [0.1, 0.15) is 10.4 Å². The van der Waals surface area contributed by atoms with Crippen molar-refractivity contribution in [3.05, 3.63) is 110 Å². The Bertz CT molecular complexity index is 1330. The molecule has 0 heterocycles. The zero-order valence-corrected chi connectivity index (χ0v) is 19.0. The Morgan fingerprint density at radius 1 is 0.528 bits per heavy atom. The third-order valence-electron chi connectivity index (χ3n) is 4.57. The Kier molecular flexibility index (Phi) is 8.29. The lowest BCUT2D eigenvalue weighted by Gasteiger charge is -2.11. The molecule has 8 nitrogen and oxygen atoms in total. The first kappa shape index (κ1) is 25.4. The van der Waals surface area contributed by atoms with Crippen molar-refractivity contribution in [2.75, 3.05) is 0 Å². The second-order valence-electron chi connectivity index (χ2n) is 6.98. The quantitative estimate of drug-likeness (QED) is 0.241. The van der Waals surface area contributed by atoms with E-state index in [4.69, 9.17) is 18.9 Å². The van der Waals surface area contributed by atoms with E-state index >= 15 is 0 Å². The topological polar surface area (TPSA) is 105 Å². The predicted octanol–water partition coefficient (Wildman–Crippen LogP) is 4.85. The highest BCUT2D eigenvalue weighted by Crippen LogP contribution is 2.32. The van der Waals surface area contributed by atoms with Gasteiger partial charge in [-0.15, -0.1) is 0 Å². The Hall–Kier alpha value is -5.24. The molecule has 0 spiro atoms. The van der Waals surface area contributed by atoms with E-state index in [-0.39, 0.29) is 22.8 Å². The van der Waals surface area contributed by atoms with Crippen LogP contribution in [0.2, 0.25) is 0 Å². The minimum Gasteiger partial charge on any atom is -0.423 e. The molecule has 0 fully saturated rings. The van der Waals surface area contributed by atoms with Crippen molar-refractivity contribution < 1.29 is 38.1 Å². The number of esters is 4.